The van der Waals surface area contributed by atoms with E-state index in [-0.39, 0.29) is 24.5 Å². The summed E-state index contributed by atoms with van der Waals surface area (Å²) < 4.78 is 28.9. The van der Waals surface area contributed by atoms with Crippen LogP contribution in [0.15, 0.2) is 42.5 Å². The van der Waals surface area contributed by atoms with E-state index in [1.807, 2.05) is 31.2 Å². The molecular weight excluding hydrogens is 341 g/mol. The Balaban J connectivity index is 1.70. The Morgan fingerprint density at radius 1 is 1.12 bits per heavy atom. The highest BCUT2D eigenvalue weighted by atomic mass is 19.1. The Bertz CT molecular complexity index is 778. The van der Waals surface area contributed by atoms with Gasteiger partial charge in [-0.2, -0.15) is 0 Å². The van der Waals surface area contributed by atoms with Crippen molar-refractivity contribution in [2.75, 3.05) is 26.9 Å². The molecule has 1 N–H and O–H groups in total. The molecule has 0 saturated heterocycles. The van der Waals surface area contributed by atoms with Crippen molar-refractivity contribution in [2.45, 2.75) is 6.92 Å². The third-order valence-corrected chi connectivity index (χ3v) is 3.41. The topological polar surface area (TPSA) is 73.9 Å². The molecule has 0 aliphatic carbocycles. The molecule has 0 aliphatic rings. The van der Waals surface area contributed by atoms with Crippen LogP contribution in [-0.4, -0.2) is 38.7 Å². The zero-order valence-corrected chi connectivity index (χ0v) is 14.6. The van der Waals surface area contributed by atoms with E-state index in [1.54, 1.807) is 0 Å². The molecular formula is C19H20FNO5. The van der Waals surface area contributed by atoms with Gasteiger partial charge in [0.1, 0.15) is 23.9 Å². The van der Waals surface area contributed by atoms with Gasteiger partial charge in [-0.1, -0.05) is 12.1 Å². The number of nitrogens with one attached hydrogen (secondary N) is 1. The molecule has 0 atom stereocenters. The standard InChI is InChI=1S/C19H20FNO5/c1-13-4-3-5-15(10-13)25-9-8-21-18(22)12-26-19(23)16-7-6-14(24-2)11-17(16)20/h3-7,10-11H,8-9,12H2,1-2H3,(H,21,22). The number of methoxy groups -OCH3 is 1. The molecule has 0 aromatic heterocycles. The van der Waals surface area contributed by atoms with Crippen molar-refractivity contribution in [1.29, 1.82) is 0 Å². The predicted molar refractivity (Wildman–Crippen MR) is 92.9 cm³/mol. The summed E-state index contributed by atoms with van der Waals surface area (Å²) in [6.07, 6.45) is 0. The highest BCUT2D eigenvalue weighted by Gasteiger charge is 2.15. The van der Waals surface area contributed by atoms with E-state index in [0.717, 1.165) is 11.6 Å². The third-order valence-electron chi connectivity index (χ3n) is 3.41. The number of carbonyl (C=O) groups excluding carboxylic acids is 2. The number of rotatable bonds is 8. The largest absolute Gasteiger partial charge is 0.497 e. The Morgan fingerprint density at radius 2 is 1.92 bits per heavy atom. The molecule has 0 radical (unpaired) electrons. The van der Waals surface area contributed by atoms with Gasteiger partial charge in [0.2, 0.25) is 0 Å². The molecule has 2 rings (SSSR count). The van der Waals surface area contributed by atoms with Gasteiger partial charge >= 0.3 is 5.97 Å². The van der Waals surface area contributed by atoms with E-state index in [4.69, 9.17) is 14.2 Å². The summed E-state index contributed by atoms with van der Waals surface area (Å²) in [6.45, 7) is 1.97. The molecule has 0 unspecified atom stereocenters. The monoisotopic (exact) mass is 361 g/mol. The van der Waals surface area contributed by atoms with Gasteiger partial charge in [-0.25, -0.2) is 9.18 Å². The molecule has 7 heteroatoms. The zero-order chi connectivity index (χ0) is 18.9. The Labute approximate surface area is 150 Å². The fourth-order valence-electron chi connectivity index (χ4n) is 2.11. The minimum absolute atomic E-state index is 0.251. The molecule has 0 fully saturated rings. The number of benzene rings is 2. The molecule has 0 saturated carbocycles. The lowest BCUT2D eigenvalue weighted by Crippen LogP contribution is -2.32. The van der Waals surface area contributed by atoms with Crippen LogP contribution in [0, 0.1) is 12.7 Å². The smallest absolute Gasteiger partial charge is 0.341 e. The Hall–Kier alpha value is -3.09. The molecule has 0 heterocycles. The summed E-state index contributed by atoms with van der Waals surface area (Å²) in [5, 5.41) is 2.55. The SMILES string of the molecule is COc1ccc(C(=O)OCC(=O)NCCOc2cccc(C)c2)c(F)c1. The molecule has 6 nitrogen and oxygen atoms in total. The number of aryl methyl sites for hydroxylation is 1. The van der Waals surface area contributed by atoms with E-state index < -0.39 is 24.3 Å². The minimum Gasteiger partial charge on any atom is -0.497 e. The minimum atomic E-state index is -0.920. The summed E-state index contributed by atoms with van der Waals surface area (Å²) in [4.78, 5) is 23.5. The lowest BCUT2D eigenvalue weighted by Gasteiger charge is -2.09. The fourth-order valence-corrected chi connectivity index (χ4v) is 2.11. The second kappa shape index (κ2) is 9.41. The van der Waals surface area contributed by atoms with Crippen molar-refractivity contribution < 1.29 is 28.2 Å². The first-order chi connectivity index (χ1) is 12.5. The van der Waals surface area contributed by atoms with Crippen LogP contribution >= 0.6 is 0 Å². The summed E-state index contributed by atoms with van der Waals surface area (Å²) in [7, 11) is 1.39. The van der Waals surface area contributed by atoms with Crippen LogP contribution in [0.5, 0.6) is 11.5 Å². The second-order valence-electron chi connectivity index (χ2n) is 5.44. The van der Waals surface area contributed by atoms with Crippen molar-refractivity contribution in [2.24, 2.45) is 0 Å². The maximum Gasteiger partial charge on any atom is 0.341 e. The van der Waals surface area contributed by atoms with Crippen LogP contribution in [-0.2, 0) is 9.53 Å². The summed E-state index contributed by atoms with van der Waals surface area (Å²) in [6, 6.07) is 11.3. The Kier molecular flexibility index (Phi) is 6.96. The van der Waals surface area contributed by atoms with Gasteiger partial charge < -0.3 is 19.5 Å². The number of esters is 1. The first-order valence-electron chi connectivity index (χ1n) is 7.96. The number of halogens is 1. The lowest BCUT2D eigenvalue weighted by atomic mass is 10.2. The van der Waals surface area contributed by atoms with Gasteiger partial charge in [0.05, 0.1) is 19.2 Å². The van der Waals surface area contributed by atoms with E-state index in [1.165, 1.54) is 19.2 Å². The number of carbonyl (C=O) groups is 2. The van der Waals surface area contributed by atoms with Gasteiger partial charge in [-0.05, 0) is 36.8 Å². The van der Waals surface area contributed by atoms with E-state index in [2.05, 4.69) is 5.32 Å². The van der Waals surface area contributed by atoms with Gasteiger partial charge in [0, 0.05) is 6.07 Å². The molecule has 1 amide bonds. The van der Waals surface area contributed by atoms with Crippen molar-refractivity contribution >= 4 is 11.9 Å². The van der Waals surface area contributed by atoms with E-state index in [0.29, 0.717) is 5.75 Å². The quantitative estimate of drug-likeness (QED) is 0.578. The van der Waals surface area contributed by atoms with Crippen LogP contribution in [0.4, 0.5) is 4.39 Å². The normalized spacial score (nSPS) is 10.1. The van der Waals surface area contributed by atoms with Crippen molar-refractivity contribution in [1.82, 2.24) is 5.32 Å². The first-order valence-corrected chi connectivity index (χ1v) is 7.96. The number of hydrogen-bond acceptors (Lipinski definition) is 5. The van der Waals surface area contributed by atoms with Gasteiger partial charge in [0.25, 0.3) is 5.91 Å². The molecule has 2 aromatic carbocycles. The van der Waals surface area contributed by atoms with Crippen LogP contribution in [0.3, 0.4) is 0 Å². The van der Waals surface area contributed by atoms with Gasteiger partial charge in [0.15, 0.2) is 6.61 Å². The maximum absolute atomic E-state index is 13.8. The average Bonchev–Trinajstić information content (AvgIpc) is 2.63. The Morgan fingerprint density at radius 3 is 2.62 bits per heavy atom. The van der Waals surface area contributed by atoms with Gasteiger partial charge in [-0.3, -0.25) is 4.79 Å². The molecule has 26 heavy (non-hydrogen) atoms. The first kappa shape index (κ1) is 19.2. The average molecular weight is 361 g/mol. The van der Waals surface area contributed by atoms with Crippen molar-refractivity contribution in [3.63, 3.8) is 0 Å². The van der Waals surface area contributed by atoms with Crippen LogP contribution < -0.4 is 14.8 Å². The highest BCUT2D eigenvalue weighted by molar-refractivity contribution is 5.91. The molecule has 0 aliphatic heterocycles. The second-order valence-corrected chi connectivity index (χ2v) is 5.44. The van der Waals surface area contributed by atoms with E-state index in [9.17, 15) is 14.0 Å². The van der Waals surface area contributed by atoms with Crippen LogP contribution in [0.2, 0.25) is 0 Å². The number of amides is 1. The van der Waals surface area contributed by atoms with Gasteiger partial charge in [-0.15, -0.1) is 0 Å². The zero-order valence-electron chi connectivity index (χ0n) is 14.6. The van der Waals surface area contributed by atoms with Crippen molar-refractivity contribution in [3.8, 4) is 11.5 Å². The van der Waals surface area contributed by atoms with Crippen LogP contribution in [0.25, 0.3) is 0 Å². The van der Waals surface area contributed by atoms with Crippen molar-refractivity contribution in [3.05, 3.63) is 59.4 Å². The molecule has 0 bridgehead atoms. The number of ether oxygens (including phenoxy) is 3. The summed E-state index contributed by atoms with van der Waals surface area (Å²) in [5.74, 6) is -1.20. The third kappa shape index (κ3) is 5.77. The summed E-state index contributed by atoms with van der Waals surface area (Å²) in [5.41, 5.74) is 0.811. The fraction of sp³-hybridized carbons (Fsp3) is 0.263. The molecule has 138 valence electrons. The maximum atomic E-state index is 13.8. The number of hydrogen-bond donors (Lipinski definition) is 1. The molecule has 0 spiro atoms. The lowest BCUT2D eigenvalue weighted by molar-refractivity contribution is -0.124. The van der Waals surface area contributed by atoms with E-state index >= 15 is 0 Å². The predicted octanol–water partition coefficient (Wildman–Crippen LogP) is 2.49. The summed E-state index contributed by atoms with van der Waals surface area (Å²) >= 11 is 0. The molecule has 2 aromatic rings. The highest BCUT2D eigenvalue weighted by Crippen LogP contribution is 2.17. The van der Waals surface area contributed by atoms with Crippen LogP contribution in [0.1, 0.15) is 15.9 Å².